The molecule has 0 spiro atoms. The van der Waals surface area contributed by atoms with Crippen LogP contribution in [0.15, 0.2) is 64.0 Å². The Morgan fingerprint density at radius 2 is 2.03 bits per heavy atom. The minimum atomic E-state index is -0.194. The van der Waals surface area contributed by atoms with E-state index in [1.807, 2.05) is 36.4 Å². The third kappa shape index (κ3) is 3.48. The molecular formula is C22H22N6O3. The van der Waals surface area contributed by atoms with Crippen molar-refractivity contribution in [2.75, 3.05) is 13.1 Å². The normalized spacial score (nSPS) is 16.5. The largest absolute Gasteiger partial charge is 0.463 e. The minimum absolute atomic E-state index is 0.0460. The van der Waals surface area contributed by atoms with Crippen molar-refractivity contribution in [1.29, 1.82) is 0 Å². The van der Waals surface area contributed by atoms with E-state index in [0.29, 0.717) is 36.1 Å². The van der Waals surface area contributed by atoms with Gasteiger partial charge >= 0.3 is 5.69 Å². The van der Waals surface area contributed by atoms with Gasteiger partial charge in [0.2, 0.25) is 0 Å². The van der Waals surface area contributed by atoms with Crippen molar-refractivity contribution < 1.29 is 9.21 Å². The van der Waals surface area contributed by atoms with Crippen LogP contribution < -0.4 is 5.69 Å². The summed E-state index contributed by atoms with van der Waals surface area (Å²) in [6.45, 7) is 1.12. The molecule has 9 nitrogen and oxygen atoms in total. The molecule has 0 aliphatic carbocycles. The van der Waals surface area contributed by atoms with Crippen LogP contribution in [-0.2, 0) is 7.05 Å². The van der Waals surface area contributed by atoms with Gasteiger partial charge in [-0.1, -0.05) is 18.2 Å². The molecule has 9 heteroatoms. The number of amides is 1. The SMILES string of the molecule is Cn1nc([C@@H]2CCCN(C(=O)c3cc(-c4ccco4)[nH]n3)C2)n(-c2ccccc2)c1=O. The number of furan rings is 1. The number of nitrogens with one attached hydrogen (secondary N) is 1. The Kier molecular flexibility index (Phi) is 4.78. The number of hydrogen-bond donors (Lipinski definition) is 1. The first kappa shape index (κ1) is 19.1. The van der Waals surface area contributed by atoms with Crippen molar-refractivity contribution in [3.8, 4) is 17.1 Å². The standard InChI is InChI=1S/C22H22N6O3/c1-26-22(30)28(16-8-3-2-4-9-16)20(25-26)15-7-5-11-27(14-15)21(29)18-13-17(23-24-18)19-10-6-12-31-19/h2-4,6,8-10,12-13,15H,5,7,11,14H2,1H3,(H,23,24)/t15-/m1/s1. The number of carbonyl (C=O) groups is 1. The maximum absolute atomic E-state index is 13.1. The number of nitrogens with zero attached hydrogens (tertiary/aromatic N) is 5. The number of hydrogen-bond acceptors (Lipinski definition) is 5. The molecule has 158 valence electrons. The first-order chi connectivity index (χ1) is 15.1. The summed E-state index contributed by atoms with van der Waals surface area (Å²) >= 11 is 0. The Balaban J connectivity index is 1.41. The lowest BCUT2D eigenvalue weighted by Gasteiger charge is -2.31. The van der Waals surface area contributed by atoms with Gasteiger partial charge in [-0.2, -0.15) is 10.2 Å². The van der Waals surface area contributed by atoms with E-state index >= 15 is 0 Å². The fourth-order valence-electron chi connectivity index (χ4n) is 4.09. The lowest BCUT2D eigenvalue weighted by molar-refractivity contribution is 0.0698. The third-order valence-corrected chi connectivity index (χ3v) is 5.62. The van der Waals surface area contributed by atoms with Gasteiger partial charge in [0.15, 0.2) is 11.5 Å². The molecule has 31 heavy (non-hydrogen) atoms. The smallest absolute Gasteiger partial charge is 0.350 e. The van der Waals surface area contributed by atoms with Crippen LogP contribution >= 0.6 is 0 Å². The van der Waals surface area contributed by atoms with Gasteiger partial charge in [0.05, 0.1) is 12.0 Å². The molecule has 0 bridgehead atoms. The number of aryl methyl sites for hydroxylation is 1. The number of aromatic nitrogens is 5. The first-order valence-electron chi connectivity index (χ1n) is 10.2. The van der Waals surface area contributed by atoms with Gasteiger partial charge in [-0.3, -0.25) is 9.89 Å². The first-order valence-corrected chi connectivity index (χ1v) is 10.2. The molecule has 1 aromatic carbocycles. The average molecular weight is 418 g/mol. The molecular weight excluding hydrogens is 396 g/mol. The molecule has 1 amide bonds. The van der Waals surface area contributed by atoms with Crippen molar-refractivity contribution in [2.24, 2.45) is 7.05 Å². The van der Waals surface area contributed by atoms with Crippen molar-refractivity contribution in [3.05, 3.63) is 76.8 Å². The molecule has 4 heterocycles. The van der Waals surface area contributed by atoms with Gasteiger partial charge in [-0.15, -0.1) is 0 Å². The van der Waals surface area contributed by atoms with Crippen LogP contribution in [0.3, 0.4) is 0 Å². The number of benzene rings is 1. The van der Waals surface area contributed by atoms with Crippen LogP contribution in [0.25, 0.3) is 17.1 Å². The Labute approximate surface area is 177 Å². The van der Waals surface area contributed by atoms with E-state index in [2.05, 4.69) is 15.3 Å². The molecule has 1 saturated heterocycles. The summed E-state index contributed by atoms with van der Waals surface area (Å²) in [6, 6.07) is 14.8. The van der Waals surface area contributed by atoms with E-state index < -0.39 is 0 Å². The van der Waals surface area contributed by atoms with Crippen LogP contribution in [0.1, 0.15) is 35.1 Å². The van der Waals surface area contributed by atoms with E-state index in [9.17, 15) is 9.59 Å². The highest BCUT2D eigenvalue weighted by Crippen LogP contribution is 2.28. The van der Waals surface area contributed by atoms with Crippen LogP contribution in [0, 0.1) is 0 Å². The summed E-state index contributed by atoms with van der Waals surface area (Å²) < 4.78 is 8.36. The number of H-pyrrole nitrogens is 1. The number of likely N-dealkylation sites (tertiary alicyclic amines) is 1. The minimum Gasteiger partial charge on any atom is -0.463 e. The topological polar surface area (TPSA) is 102 Å². The van der Waals surface area contributed by atoms with Gasteiger partial charge < -0.3 is 9.32 Å². The highest BCUT2D eigenvalue weighted by molar-refractivity contribution is 5.93. The Morgan fingerprint density at radius 3 is 2.81 bits per heavy atom. The fourth-order valence-corrected chi connectivity index (χ4v) is 4.09. The van der Waals surface area contributed by atoms with Crippen LogP contribution in [0.5, 0.6) is 0 Å². The van der Waals surface area contributed by atoms with Crippen molar-refractivity contribution in [1.82, 2.24) is 29.4 Å². The van der Waals surface area contributed by atoms with Crippen LogP contribution in [-0.4, -0.2) is 48.4 Å². The molecule has 5 rings (SSSR count). The van der Waals surface area contributed by atoms with Crippen molar-refractivity contribution >= 4 is 5.91 Å². The van der Waals surface area contributed by atoms with Gasteiger partial charge in [0, 0.05) is 32.1 Å². The molecule has 0 unspecified atom stereocenters. The lowest BCUT2D eigenvalue weighted by Crippen LogP contribution is -2.40. The van der Waals surface area contributed by atoms with E-state index in [4.69, 9.17) is 4.42 Å². The second-order valence-corrected chi connectivity index (χ2v) is 7.67. The summed E-state index contributed by atoms with van der Waals surface area (Å²) in [6.07, 6.45) is 3.25. The Hall–Kier alpha value is -3.88. The molecule has 0 saturated carbocycles. The van der Waals surface area contributed by atoms with Gasteiger partial charge in [0.25, 0.3) is 5.91 Å². The number of aromatic amines is 1. The molecule has 0 radical (unpaired) electrons. The van der Waals surface area contributed by atoms with Gasteiger partial charge in [-0.25, -0.2) is 14.0 Å². The quantitative estimate of drug-likeness (QED) is 0.549. The predicted octanol–water partition coefficient (Wildman–Crippen LogP) is 2.57. The van der Waals surface area contributed by atoms with Gasteiger partial charge in [0.1, 0.15) is 11.5 Å². The van der Waals surface area contributed by atoms with E-state index in [1.54, 1.807) is 34.9 Å². The summed E-state index contributed by atoms with van der Waals surface area (Å²) in [7, 11) is 1.65. The number of rotatable bonds is 4. The molecule has 3 aromatic heterocycles. The number of para-hydroxylation sites is 1. The highest BCUT2D eigenvalue weighted by Gasteiger charge is 2.31. The molecule has 1 fully saturated rings. The van der Waals surface area contributed by atoms with Crippen molar-refractivity contribution in [3.63, 3.8) is 0 Å². The third-order valence-electron chi connectivity index (χ3n) is 5.62. The fraction of sp³-hybridized carbons (Fsp3) is 0.273. The average Bonchev–Trinajstić information content (AvgIpc) is 3.55. The second-order valence-electron chi connectivity index (χ2n) is 7.67. The van der Waals surface area contributed by atoms with Crippen LogP contribution in [0.4, 0.5) is 0 Å². The lowest BCUT2D eigenvalue weighted by atomic mass is 9.96. The van der Waals surface area contributed by atoms with E-state index in [0.717, 1.165) is 18.5 Å². The van der Waals surface area contributed by atoms with Gasteiger partial charge in [-0.05, 0) is 37.1 Å². The number of carbonyl (C=O) groups excluding carboxylic acids is 1. The summed E-state index contributed by atoms with van der Waals surface area (Å²) in [5, 5.41) is 11.5. The molecule has 1 aliphatic heterocycles. The molecule has 1 atom stereocenters. The molecule has 1 aliphatic rings. The molecule has 1 N–H and O–H groups in total. The maximum atomic E-state index is 13.1. The molecule has 4 aromatic rings. The van der Waals surface area contributed by atoms with Crippen molar-refractivity contribution in [2.45, 2.75) is 18.8 Å². The summed E-state index contributed by atoms with van der Waals surface area (Å²) in [4.78, 5) is 27.6. The summed E-state index contributed by atoms with van der Waals surface area (Å²) in [5.41, 5.74) is 1.58. The monoisotopic (exact) mass is 418 g/mol. The maximum Gasteiger partial charge on any atom is 0.350 e. The van der Waals surface area contributed by atoms with Crippen LogP contribution in [0.2, 0.25) is 0 Å². The zero-order valence-electron chi connectivity index (χ0n) is 17.1. The summed E-state index contributed by atoms with van der Waals surface area (Å²) in [5.74, 6) is 1.11. The van der Waals surface area contributed by atoms with E-state index in [-0.39, 0.29) is 17.5 Å². The number of piperidine rings is 1. The van der Waals surface area contributed by atoms with E-state index in [1.165, 1.54) is 4.68 Å². The predicted molar refractivity (Wildman–Crippen MR) is 113 cm³/mol. The second kappa shape index (κ2) is 7.75. The Morgan fingerprint density at radius 1 is 1.19 bits per heavy atom. The zero-order valence-corrected chi connectivity index (χ0v) is 17.1. The highest BCUT2D eigenvalue weighted by atomic mass is 16.3. The Bertz CT molecular complexity index is 1250. The zero-order chi connectivity index (χ0) is 21.4.